The third kappa shape index (κ3) is 2.63. The van der Waals surface area contributed by atoms with Gasteiger partial charge in [-0.2, -0.15) is 0 Å². The molecule has 0 aliphatic carbocycles. The normalized spacial score (nSPS) is 18.9. The maximum absolute atomic E-state index is 5.79. The molecule has 1 heterocycles. The number of nitrogens with zero attached hydrogens (tertiary/aromatic N) is 2. The molecule has 0 saturated carbocycles. The lowest BCUT2D eigenvalue weighted by Crippen LogP contribution is -2.28. The molecular formula is C12H19N3. The monoisotopic (exact) mass is 205 g/mol. The zero-order valence-electron chi connectivity index (χ0n) is 9.32. The van der Waals surface area contributed by atoms with Gasteiger partial charge in [-0.15, -0.1) is 0 Å². The van der Waals surface area contributed by atoms with Crippen molar-refractivity contribution >= 4 is 11.4 Å². The number of nitrogen functional groups attached to an aromatic ring is 1. The maximum Gasteiger partial charge on any atom is 0.0387 e. The molecule has 0 aromatic heterocycles. The summed E-state index contributed by atoms with van der Waals surface area (Å²) in [4.78, 5) is 4.80. The van der Waals surface area contributed by atoms with Crippen molar-refractivity contribution in [1.29, 1.82) is 0 Å². The molecule has 1 aliphatic heterocycles. The molecule has 0 unspecified atom stereocenters. The van der Waals surface area contributed by atoms with Gasteiger partial charge < -0.3 is 15.5 Å². The van der Waals surface area contributed by atoms with E-state index < -0.39 is 0 Å². The summed E-state index contributed by atoms with van der Waals surface area (Å²) in [7, 11) is 2.18. The summed E-state index contributed by atoms with van der Waals surface area (Å²) in [5.74, 6) is 0. The average Bonchev–Trinajstić information content (AvgIpc) is 2.43. The predicted octanol–water partition coefficient (Wildman–Crippen LogP) is 1.41. The SMILES string of the molecule is CN1CCCN(c2cccc(N)c2)CC1. The summed E-state index contributed by atoms with van der Waals surface area (Å²) in [6.45, 7) is 4.56. The van der Waals surface area contributed by atoms with Crippen LogP contribution in [0.3, 0.4) is 0 Å². The van der Waals surface area contributed by atoms with Gasteiger partial charge in [0.25, 0.3) is 0 Å². The second kappa shape index (κ2) is 4.53. The predicted molar refractivity (Wildman–Crippen MR) is 65.2 cm³/mol. The van der Waals surface area contributed by atoms with Crippen LogP contribution in [-0.4, -0.2) is 38.1 Å². The van der Waals surface area contributed by atoms with Crippen LogP contribution in [0.15, 0.2) is 24.3 Å². The van der Waals surface area contributed by atoms with Crippen LogP contribution in [-0.2, 0) is 0 Å². The summed E-state index contributed by atoms with van der Waals surface area (Å²) in [6, 6.07) is 8.17. The van der Waals surface area contributed by atoms with E-state index in [2.05, 4.69) is 29.0 Å². The molecule has 82 valence electrons. The molecule has 0 bridgehead atoms. The minimum absolute atomic E-state index is 0.852. The Bertz CT molecular complexity index is 324. The quantitative estimate of drug-likeness (QED) is 0.704. The minimum atomic E-state index is 0.852. The van der Waals surface area contributed by atoms with Crippen molar-refractivity contribution in [2.24, 2.45) is 0 Å². The average molecular weight is 205 g/mol. The largest absolute Gasteiger partial charge is 0.399 e. The number of likely N-dealkylation sites (N-methyl/N-ethyl adjacent to an activating group) is 1. The van der Waals surface area contributed by atoms with E-state index in [4.69, 9.17) is 5.73 Å². The number of rotatable bonds is 1. The van der Waals surface area contributed by atoms with Gasteiger partial charge in [-0.05, 0) is 38.2 Å². The molecule has 1 aromatic rings. The first-order chi connectivity index (χ1) is 7.25. The fourth-order valence-electron chi connectivity index (χ4n) is 2.03. The molecule has 3 heteroatoms. The molecule has 1 aliphatic rings. The summed E-state index contributed by atoms with van der Waals surface area (Å²) < 4.78 is 0. The van der Waals surface area contributed by atoms with Crippen molar-refractivity contribution in [2.45, 2.75) is 6.42 Å². The molecular weight excluding hydrogens is 186 g/mol. The maximum atomic E-state index is 5.79. The highest BCUT2D eigenvalue weighted by molar-refractivity contribution is 5.55. The smallest absolute Gasteiger partial charge is 0.0387 e. The topological polar surface area (TPSA) is 32.5 Å². The van der Waals surface area contributed by atoms with E-state index in [1.54, 1.807) is 0 Å². The Balaban J connectivity index is 2.09. The van der Waals surface area contributed by atoms with Gasteiger partial charge in [-0.1, -0.05) is 6.07 Å². The van der Waals surface area contributed by atoms with Crippen LogP contribution in [0.25, 0.3) is 0 Å². The number of hydrogen-bond acceptors (Lipinski definition) is 3. The molecule has 3 nitrogen and oxygen atoms in total. The van der Waals surface area contributed by atoms with E-state index in [-0.39, 0.29) is 0 Å². The molecule has 2 rings (SSSR count). The molecule has 0 radical (unpaired) electrons. The first kappa shape index (κ1) is 10.3. The molecule has 0 spiro atoms. The van der Waals surface area contributed by atoms with Crippen molar-refractivity contribution in [3.8, 4) is 0 Å². The highest BCUT2D eigenvalue weighted by Crippen LogP contribution is 2.18. The van der Waals surface area contributed by atoms with Gasteiger partial charge in [0, 0.05) is 31.0 Å². The van der Waals surface area contributed by atoms with Gasteiger partial charge >= 0.3 is 0 Å². The van der Waals surface area contributed by atoms with Crippen LogP contribution < -0.4 is 10.6 Å². The summed E-state index contributed by atoms with van der Waals surface area (Å²) in [6.07, 6.45) is 1.23. The standard InChI is InChI=1S/C12H19N3/c1-14-6-3-7-15(9-8-14)12-5-2-4-11(13)10-12/h2,4-5,10H,3,6-9,13H2,1H3. The number of nitrogens with two attached hydrogens (primary N) is 1. The van der Waals surface area contributed by atoms with Gasteiger partial charge in [0.2, 0.25) is 0 Å². The summed E-state index contributed by atoms with van der Waals surface area (Å²) >= 11 is 0. The molecule has 15 heavy (non-hydrogen) atoms. The van der Waals surface area contributed by atoms with E-state index in [0.29, 0.717) is 0 Å². The third-order valence-electron chi connectivity index (χ3n) is 2.95. The second-order valence-electron chi connectivity index (χ2n) is 4.24. The van der Waals surface area contributed by atoms with Crippen molar-refractivity contribution in [3.63, 3.8) is 0 Å². The summed E-state index contributed by atoms with van der Waals surface area (Å²) in [5.41, 5.74) is 7.90. The van der Waals surface area contributed by atoms with E-state index >= 15 is 0 Å². The van der Waals surface area contributed by atoms with Crippen molar-refractivity contribution < 1.29 is 0 Å². The Morgan fingerprint density at radius 1 is 1.13 bits per heavy atom. The fourth-order valence-corrected chi connectivity index (χ4v) is 2.03. The first-order valence-electron chi connectivity index (χ1n) is 5.55. The van der Waals surface area contributed by atoms with Crippen molar-refractivity contribution in [3.05, 3.63) is 24.3 Å². The molecule has 0 atom stereocenters. The number of anilines is 2. The Kier molecular flexibility index (Phi) is 3.11. The van der Waals surface area contributed by atoms with E-state index in [1.807, 2.05) is 12.1 Å². The lowest BCUT2D eigenvalue weighted by Gasteiger charge is -2.22. The Hall–Kier alpha value is -1.22. The van der Waals surface area contributed by atoms with Gasteiger partial charge in [0.05, 0.1) is 0 Å². The molecule has 1 saturated heterocycles. The first-order valence-corrected chi connectivity index (χ1v) is 5.55. The summed E-state index contributed by atoms with van der Waals surface area (Å²) in [5, 5.41) is 0. The Labute approximate surface area is 91.5 Å². The Morgan fingerprint density at radius 3 is 2.80 bits per heavy atom. The molecule has 2 N–H and O–H groups in total. The fraction of sp³-hybridized carbons (Fsp3) is 0.500. The van der Waals surface area contributed by atoms with Gasteiger partial charge in [-0.25, -0.2) is 0 Å². The molecule has 1 aromatic carbocycles. The number of hydrogen-bond donors (Lipinski definition) is 1. The number of benzene rings is 1. The highest BCUT2D eigenvalue weighted by atomic mass is 15.2. The second-order valence-corrected chi connectivity index (χ2v) is 4.24. The van der Waals surface area contributed by atoms with E-state index in [9.17, 15) is 0 Å². The molecule has 1 fully saturated rings. The zero-order valence-corrected chi connectivity index (χ0v) is 9.32. The molecule has 0 amide bonds. The van der Waals surface area contributed by atoms with Gasteiger partial charge in [-0.3, -0.25) is 0 Å². The van der Waals surface area contributed by atoms with Crippen LogP contribution in [0.2, 0.25) is 0 Å². The van der Waals surface area contributed by atoms with E-state index in [0.717, 1.165) is 25.3 Å². The van der Waals surface area contributed by atoms with Gasteiger partial charge in [0.15, 0.2) is 0 Å². The van der Waals surface area contributed by atoms with E-state index in [1.165, 1.54) is 18.7 Å². The van der Waals surface area contributed by atoms with Crippen LogP contribution in [0.5, 0.6) is 0 Å². The van der Waals surface area contributed by atoms with Crippen LogP contribution in [0.4, 0.5) is 11.4 Å². The highest BCUT2D eigenvalue weighted by Gasteiger charge is 2.12. The lowest BCUT2D eigenvalue weighted by molar-refractivity contribution is 0.360. The van der Waals surface area contributed by atoms with Crippen molar-refractivity contribution in [2.75, 3.05) is 43.9 Å². The van der Waals surface area contributed by atoms with Crippen LogP contribution in [0.1, 0.15) is 6.42 Å². The van der Waals surface area contributed by atoms with Crippen molar-refractivity contribution in [1.82, 2.24) is 4.90 Å². The minimum Gasteiger partial charge on any atom is -0.399 e. The Morgan fingerprint density at radius 2 is 2.00 bits per heavy atom. The lowest BCUT2D eigenvalue weighted by atomic mass is 10.2. The zero-order chi connectivity index (χ0) is 10.7. The van der Waals surface area contributed by atoms with Gasteiger partial charge in [0.1, 0.15) is 0 Å². The third-order valence-corrected chi connectivity index (χ3v) is 2.95. The van der Waals surface area contributed by atoms with Crippen LogP contribution in [0, 0.1) is 0 Å². The van der Waals surface area contributed by atoms with Crippen LogP contribution >= 0.6 is 0 Å².